The number of aryl methyl sites for hydroxylation is 2. The molecule has 3 heterocycles. The summed E-state index contributed by atoms with van der Waals surface area (Å²) >= 11 is 6.02. The van der Waals surface area contributed by atoms with Gasteiger partial charge in [0.1, 0.15) is 5.15 Å². The second-order valence-electron chi connectivity index (χ2n) is 9.80. The number of likely N-dealkylation sites (tertiary alicyclic amines) is 1. The molecule has 0 aliphatic carbocycles. The molecule has 200 valence electrons. The third-order valence-electron chi connectivity index (χ3n) is 7.18. The Bertz CT molecular complexity index is 1510. The van der Waals surface area contributed by atoms with Crippen molar-refractivity contribution in [2.24, 2.45) is 7.05 Å². The molecule has 0 bridgehead atoms. The van der Waals surface area contributed by atoms with Gasteiger partial charge in [0.25, 0.3) is 11.8 Å². The van der Waals surface area contributed by atoms with Gasteiger partial charge in [0, 0.05) is 54.8 Å². The second-order valence-corrected chi connectivity index (χ2v) is 10.2. The Labute approximate surface area is 232 Å². The number of carbonyl (C=O) groups excluding carboxylic acids is 2. The van der Waals surface area contributed by atoms with Crippen LogP contribution in [0.25, 0.3) is 11.1 Å². The number of halogens is 1. The molecule has 1 N–H and O–H groups in total. The van der Waals surface area contributed by atoms with Crippen LogP contribution in [0.3, 0.4) is 0 Å². The number of ether oxygens (including phenoxy) is 1. The van der Waals surface area contributed by atoms with E-state index in [0.29, 0.717) is 35.8 Å². The molecular formula is C30H30ClN5O3. The molecule has 0 radical (unpaired) electrons. The molecule has 1 fully saturated rings. The first-order valence-electron chi connectivity index (χ1n) is 12.8. The van der Waals surface area contributed by atoms with E-state index in [1.54, 1.807) is 10.7 Å². The van der Waals surface area contributed by atoms with E-state index in [4.69, 9.17) is 16.3 Å². The van der Waals surface area contributed by atoms with Gasteiger partial charge in [0.2, 0.25) is 5.88 Å². The number of rotatable bonds is 6. The zero-order chi connectivity index (χ0) is 27.5. The van der Waals surface area contributed by atoms with Crippen molar-refractivity contribution >= 4 is 29.1 Å². The number of anilines is 1. The van der Waals surface area contributed by atoms with Gasteiger partial charge < -0.3 is 15.0 Å². The highest BCUT2D eigenvalue weighted by atomic mass is 35.5. The molecule has 1 saturated heterocycles. The predicted octanol–water partition coefficient (Wildman–Crippen LogP) is 5.72. The van der Waals surface area contributed by atoms with E-state index in [0.717, 1.165) is 29.5 Å². The molecule has 2 amide bonds. The molecule has 0 spiro atoms. The van der Waals surface area contributed by atoms with Crippen LogP contribution in [0.15, 0.2) is 67.0 Å². The summed E-state index contributed by atoms with van der Waals surface area (Å²) in [6.45, 7) is 3.24. The smallest absolute Gasteiger partial charge is 0.255 e. The summed E-state index contributed by atoms with van der Waals surface area (Å²) in [5.41, 5.74) is 5.82. The summed E-state index contributed by atoms with van der Waals surface area (Å²) in [5, 5.41) is 7.30. The minimum Gasteiger partial charge on any atom is -0.481 e. The van der Waals surface area contributed by atoms with Crippen LogP contribution in [-0.2, 0) is 7.05 Å². The molecule has 0 saturated carbocycles. The summed E-state index contributed by atoms with van der Waals surface area (Å²) < 4.78 is 6.91. The van der Waals surface area contributed by atoms with Gasteiger partial charge in [-0.15, -0.1) is 0 Å². The molecule has 39 heavy (non-hydrogen) atoms. The Morgan fingerprint density at radius 1 is 1.00 bits per heavy atom. The molecule has 1 aliphatic rings. The van der Waals surface area contributed by atoms with Gasteiger partial charge in [-0.1, -0.05) is 41.9 Å². The van der Waals surface area contributed by atoms with E-state index in [2.05, 4.69) is 39.7 Å². The van der Waals surface area contributed by atoms with Crippen LogP contribution in [0.5, 0.6) is 5.88 Å². The number of piperidine rings is 1. The standard InChI is InChI=1S/C30H30ClN5O3/c1-19-4-5-23(14-26(19)33-29(37)24-15-27(31)34-28(16-24)39-3)30(38)36-12-10-22(11-13-36)20-6-8-21(9-7-20)25-17-32-35(2)18-25/h4-9,14-18,22H,10-13H2,1-3H3,(H,33,37). The molecule has 2 aromatic carbocycles. The number of hydrogen-bond acceptors (Lipinski definition) is 5. The topological polar surface area (TPSA) is 89.4 Å². The second kappa shape index (κ2) is 11.3. The Morgan fingerprint density at radius 3 is 2.41 bits per heavy atom. The van der Waals surface area contributed by atoms with Crippen LogP contribution in [0.4, 0.5) is 5.69 Å². The van der Waals surface area contributed by atoms with Gasteiger partial charge in [0.15, 0.2) is 0 Å². The number of pyridine rings is 1. The van der Waals surface area contributed by atoms with E-state index in [1.807, 2.05) is 43.4 Å². The molecule has 1 aliphatic heterocycles. The van der Waals surface area contributed by atoms with Crippen molar-refractivity contribution in [1.82, 2.24) is 19.7 Å². The molecule has 0 atom stereocenters. The maximum atomic E-state index is 13.4. The summed E-state index contributed by atoms with van der Waals surface area (Å²) in [6.07, 6.45) is 5.68. The van der Waals surface area contributed by atoms with Crippen molar-refractivity contribution in [1.29, 1.82) is 0 Å². The minimum atomic E-state index is -0.361. The maximum Gasteiger partial charge on any atom is 0.255 e. The Kier molecular flexibility index (Phi) is 7.65. The van der Waals surface area contributed by atoms with Crippen LogP contribution in [0, 0.1) is 6.92 Å². The van der Waals surface area contributed by atoms with Crippen LogP contribution < -0.4 is 10.1 Å². The highest BCUT2D eigenvalue weighted by Gasteiger charge is 2.25. The molecule has 9 heteroatoms. The van der Waals surface area contributed by atoms with Crippen LogP contribution in [-0.4, -0.2) is 51.7 Å². The minimum absolute atomic E-state index is 0.0375. The number of aromatic nitrogens is 3. The Morgan fingerprint density at radius 2 is 1.74 bits per heavy atom. The lowest BCUT2D eigenvalue weighted by Gasteiger charge is -2.32. The van der Waals surface area contributed by atoms with Crippen LogP contribution in [0.1, 0.15) is 50.6 Å². The first kappa shape index (κ1) is 26.4. The van der Waals surface area contributed by atoms with Gasteiger partial charge in [-0.25, -0.2) is 4.98 Å². The lowest BCUT2D eigenvalue weighted by Crippen LogP contribution is -2.38. The number of amides is 2. The molecule has 4 aromatic rings. The van der Waals surface area contributed by atoms with Gasteiger partial charge in [-0.3, -0.25) is 14.3 Å². The van der Waals surface area contributed by atoms with E-state index >= 15 is 0 Å². The SMILES string of the molecule is COc1cc(C(=O)Nc2cc(C(=O)N3CCC(c4ccc(-c5cnn(C)c5)cc4)CC3)ccc2C)cc(Cl)n1. The number of hydrogen-bond donors (Lipinski definition) is 1. The monoisotopic (exact) mass is 543 g/mol. The number of carbonyl (C=O) groups is 2. The third-order valence-corrected chi connectivity index (χ3v) is 7.37. The van der Waals surface area contributed by atoms with Crippen LogP contribution in [0.2, 0.25) is 5.15 Å². The molecule has 5 rings (SSSR count). The number of methoxy groups -OCH3 is 1. The molecule has 8 nitrogen and oxygen atoms in total. The summed E-state index contributed by atoms with van der Waals surface area (Å²) in [7, 11) is 3.37. The maximum absolute atomic E-state index is 13.4. The zero-order valence-corrected chi connectivity index (χ0v) is 22.9. The summed E-state index contributed by atoms with van der Waals surface area (Å²) in [4.78, 5) is 32.1. The van der Waals surface area contributed by atoms with E-state index in [1.165, 1.54) is 24.8 Å². The first-order chi connectivity index (χ1) is 18.8. The third kappa shape index (κ3) is 5.96. The highest BCUT2D eigenvalue weighted by molar-refractivity contribution is 6.30. The van der Waals surface area contributed by atoms with Crippen LogP contribution >= 0.6 is 11.6 Å². The van der Waals surface area contributed by atoms with Gasteiger partial charge in [0.05, 0.1) is 13.3 Å². The molecule has 2 aromatic heterocycles. The van der Waals surface area contributed by atoms with E-state index < -0.39 is 0 Å². The fourth-order valence-corrected chi connectivity index (χ4v) is 5.11. The summed E-state index contributed by atoms with van der Waals surface area (Å²) in [5.74, 6) is 0.264. The van der Waals surface area contributed by atoms with Crippen molar-refractivity contribution in [3.8, 4) is 17.0 Å². The number of nitrogens with one attached hydrogen (secondary N) is 1. The van der Waals surface area contributed by atoms with E-state index in [9.17, 15) is 9.59 Å². The molecule has 0 unspecified atom stereocenters. The van der Waals surface area contributed by atoms with Crippen molar-refractivity contribution in [3.63, 3.8) is 0 Å². The average molecular weight is 544 g/mol. The van der Waals surface area contributed by atoms with Crippen molar-refractivity contribution < 1.29 is 14.3 Å². The summed E-state index contributed by atoms with van der Waals surface area (Å²) in [6, 6.07) is 17.0. The van der Waals surface area contributed by atoms with Gasteiger partial charge in [-0.05, 0) is 60.6 Å². The number of benzene rings is 2. The normalized spacial score (nSPS) is 13.8. The highest BCUT2D eigenvalue weighted by Crippen LogP contribution is 2.31. The zero-order valence-electron chi connectivity index (χ0n) is 22.1. The lowest BCUT2D eigenvalue weighted by molar-refractivity contribution is 0.0712. The fraction of sp³-hybridized carbons (Fsp3) is 0.267. The van der Waals surface area contributed by atoms with Gasteiger partial charge >= 0.3 is 0 Å². The number of nitrogens with zero attached hydrogens (tertiary/aromatic N) is 4. The average Bonchev–Trinajstić information content (AvgIpc) is 3.39. The predicted molar refractivity (Wildman–Crippen MR) is 151 cm³/mol. The van der Waals surface area contributed by atoms with E-state index in [-0.39, 0.29) is 22.8 Å². The molecular weight excluding hydrogens is 514 g/mol. The van der Waals surface area contributed by atoms with Crippen molar-refractivity contribution in [2.45, 2.75) is 25.7 Å². The largest absolute Gasteiger partial charge is 0.481 e. The first-order valence-corrected chi connectivity index (χ1v) is 13.2. The van der Waals surface area contributed by atoms with Crippen molar-refractivity contribution in [3.05, 3.63) is 94.4 Å². The Balaban J connectivity index is 1.23. The lowest BCUT2D eigenvalue weighted by atomic mass is 9.88. The fourth-order valence-electron chi connectivity index (χ4n) is 4.91. The van der Waals surface area contributed by atoms with Gasteiger partial charge in [-0.2, -0.15) is 5.10 Å². The van der Waals surface area contributed by atoms with Crippen molar-refractivity contribution in [2.75, 3.05) is 25.5 Å². The Hall–Kier alpha value is -4.17. The quantitative estimate of drug-likeness (QED) is 0.314.